The molecule has 142 valence electrons. The monoisotopic (exact) mass is 387 g/mol. The summed E-state index contributed by atoms with van der Waals surface area (Å²) in [7, 11) is 0. The van der Waals surface area contributed by atoms with Crippen LogP contribution in [0.2, 0.25) is 0 Å². The first-order valence-electron chi connectivity index (χ1n) is 8.15. The summed E-state index contributed by atoms with van der Waals surface area (Å²) >= 11 is 0. The maximum absolute atomic E-state index is 12.5. The van der Waals surface area contributed by atoms with E-state index >= 15 is 0 Å². The second kappa shape index (κ2) is 9.21. The zero-order valence-electron chi connectivity index (χ0n) is 14.1. The second-order valence-corrected chi connectivity index (χ2v) is 5.99. The van der Waals surface area contributed by atoms with Gasteiger partial charge in [-0.2, -0.15) is 13.2 Å². The van der Waals surface area contributed by atoms with Gasteiger partial charge in [0.15, 0.2) is 6.61 Å². The predicted octanol–water partition coefficient (Wildman–Crippen LogP) is 3.59. The van der Waals surface area contributed by atoms with Crippen LogP contribution in [0.1, 0.15) is 17.2 Å². The fourth-order valence-corrected chi connectivity index (χ4v) is 2.99. The Bertz CT molecular complexity index is 685. The number of ether oxygens (including phenoxy) is 1. The summed E-state index contributed by atoms with van der Waals surface area (Å²) in [4.78, 5) is 6.41. The normalized spacial score (nSPS) is 18.2. The van der Waals surface area contributed by atoms with Gasteiger partial charge >= 0.3 is 6.18 Å². The van der Waals surface area contributed by atoms with E-state index in [9.17, 15) is 13.2 Å². The molecule has 0 spiro atoms. The highest BCUT2D eigenvalue weighted by molar-refractivity contribution is 5.85. The fraction of sp³-hybridized carbons (Fsp3) is 0.389. The Kier molecular flexibility index (Phi) is 7.25. The van der Waals surface area contributed by atoms with E-state index in [2.05, 4.69) is 15.2 Å². The average molecular weight is 388 g/mol. The highest BCUT2D eigenvalue weighted by atomic mass is 35.5. The van der Waals surface area contributed by atoms with Crippen molar-refractivity contribution in [3.8, 4) is 5.75 Å². The molecule has 1 unspecified atom stereocenters. The molecule has 0 radical (unpaired) electrons. The van der Waals surface area contributed by atoms with E-state index < -0.39 is 12.8 Å². The topological polar surface area (TPSA) is 37.4 Å². The standard InChI is InChI=1S/C18H20F3N3O.ClH/c19-18(20,21)13-25-17-6-2-1-4-15(17)12-24-9-8-23-11-16(24)14-5-3-7-22-10-14;/h1-7,10,16,23H,8-9,11-13H2;1H. The van der Waals surface area contributed by atoms with Crippen molar-refractivity contribution in [2.24, 2.45) is 0 Å². The minimum atomic E-state index is -4.35. The van der Waals surface area contributed by atoms with Crippen molar-refractivity contribution in [1.29, 1.82) is 0 Å². The van der Waals surface area contributed by atoms with Crippen molar-refractivity contribution in [1.82, 2.24) is 15.2 Å². The third-order valence-corrected chi connectivity index (χ3v) is 4.16. The summed E-state index contributed by atoms with van der Waals surface area (Å²) in [6, 6.07) is 10.9. The molecule has 4 nitrogen and oxygen atoms in total. The van der Waals surface area contributed by atoms with Crippen LogP contribution >= 0.6 is 12.4 Å². The van der Waals surface area contributed by atoms with Gasteiger partial charge in [-0.15, -0.1) is 12.4 Å². The van der Waals surface area contributed by atoms with Crippen molar-refractivity contribution in [3.63, 3.8) is 0 Å². The molecule has 1 fully saturated rings. The average Bonchev–Trinajstić information content (AvgIpc) is 2.61. The third kappa shape index (κ3) is 5.59. The molecular formula is C18H21ClF3N3O. The molecule has 26 heavy (non-hydrogen) atoms. The molecule has 1 aliphatic rings. The molecule has 2 aromatic rings. The van der Waals surface area contributed by atoms with E-state index in [1.165, 1.54) is 0 Å². The first kappa shape index (κ1) is 20.5. The number of rotatable bonds is 5. The molecule has 1 atom stereocenters. The number of nitrogens with one attached hydrogen (secondary N) is 1. The number of hydrogen-bond donors (Lipinski definition) is 1. The number of alkyl halides is 3. The molecule has 1 aromatic heterocycles. The quantitative estimate of drug-likeness (QED) is 0.850. The summed E-state index contributed by atoms with van der Waals surface area (Å²) in [5, 5.41) is 3.36. The molecule has 0 aliphatic carbocycles. The van der Waals surface area contributed by atoms with Crippen LogP contribution in [0, 0.1) is 0 Å². The Morgan fingerprint density at radius 2 is 2.00 bits per heavy atom. The van der Waals surface area contributed by atoms with Gasteiger partial charge in [-0.1, -0.05) is 24.3 Å². The first-order valence-corrected chi connectivity index (χ1v) is 8.15. The smallest absolute Gasteiger partial charge is 0.422 e. The van der Waals surface area contributed by atoms with Crippen LogP contribution in [-0.2, 0) is 6.54 Å². The highest BCUT2D eigenvalue weighted by Gasteiger charge is 2.29. The van der Waals surface area contributed by atoms with E-state index in [-0.39, 0.29) is 24.2 Å². The Morgan fingerprint density at radius 3 is 2.73 bits per heavy atom. The van der Waals surface area contributed by atoms with Crippen LogP contribution in [0.25, 0.3) is 0 Å². The number of piperazine rings is 1. The number of hydrogen-bond acceptors (Lipinski definition) is 4. The van der Waals surface area contributed by atoms with Crippen molar-refractivity contribution in [2.75, 3.05) is 26.2 Å². The number of nitrogens with zero attached hydrogens (tertiary/aromatic N) is 2. The fourth-order valence-electron chi connectivity index (χ4n) is 2.99. The molecule has 0 saturated carbocycles. The van der Waals surface area contributed by atoms with Gasteiger partial charge in [-0.25, -0.2) is 0 Å². The van der Waals surface area contributed by atoms with Crippen molar-refractivity contribution < 1.29 is 17.9 Å². The molecule has 1 saturated heterocycles. The lowest BCUT2D eigenvalue weighted by atomic mass is 10.0. The van der Waals surface area contributed by atoms with Gasteiger partial charge in [0.1, 0.15) is 5.75 Å². The van der Waals surface area contributed by atoms with E-state index in [1.807, 2.05) is 30.5 Å². The maximum Gasteiger partial charge on any atom is 0.422 e. The molecule has 2 heterocycles. The summed E-state index contributed by atoms with van der Waals surface area (Å²) in [6.45, 7) is 1.65. The van der Waals surface area contributed by atoms with Gasteiger partial charge in [0.05, 0.1) is 0 Å². The van der Waals surface area contributed by atoms with Gasteiger partial charge in [0, 0.05) is 50.2 Å². The third-order valence-electron chi connectivity index (χ3n) is 4.16. The van der Waals surface area contributed by atoms with Crippen LogP contribution < -0.4 is 10.1 Å². The molecule has 3 rings (SSSR count). The van der Waals surface area contributed by atoms with Crippen LogP contribution in [0.15, 0.2) is 48.8 Å². The van der Waals surface area contributed by atoms with Crippen molar-refractivity contribution in [3.05, 3.63) is 59.9 Å². The molecule has 1 N–H and O–H groups in total. The predicted molar refractivity (Wildman–Crippen MR) is 95.5 cm³/mol. The molecule has 1 aromatic carbocycles. The van der Waals surface area contributed by atoms with E-state index in [1.54, 1.807) is 18.3 Å². The van der Waals surface area contributed by atoms with E-state index in [4.69, 9.17) is 4.74 Å². The van der Waals surface area contributed by atoms with Crippen molar-refractivity contribution >= 4 is 12.4 Å². The van der Waals surface area contributed by atoms with Gasteiger partial charge < -0.3 is 10.1 Å². The minimum Gasteiger partial charge on any atom is -0.484 e. The van der Waals surface area contributed by atoms with Crippen LogP contribution in [0.3, 0.4) is 0 Å². The van der Waals surface area contributed by atoms with Gasteiger partial charge in [-0.3, -0.25) is 9.88 Å². The molecule has 0 amide bonds. The summed E-state index contributed by atoms with van der Waals surface area (Å²) in [6.07, 6.45) is -0.790. The largest absolute Gasteiger partial charge is 0.484 e. The Hall–Kier alpha value is -1.83. The van der Waals surface area contributed by atoms with Crippen molar-refractivity contribution in [2.45, 2.75) is 18.8 Å². The number of halogens is 4. The lowest BCUT2D eigenvalue weighted by molar-refractivity contribution is -0.153. The summed E-state index contributed by atoms with van der Waals surface area (Å²) < 4.78 is 42.4. The van der Waals surface area contributed by atoms with E-state index in [0.29, 0.717) is 6.54 Å². The number of para-hydroxylation sites is 1. The Balaban J connectivity index is 0.00000243. The minimum absolute atomic E-state index is 0. The van der Waals surface area contributed by atoms with Gasteiger partial charge in [0.2, 0.25) is 0 Å². The van der Waals surface area contributed by atoms with Crippen LogP contribution in [-0.4, -0.2) is 42.3 Å². The van der Waals surface area contributed by atoms with Crippen LogP contribution in [0.5, 0.6) is 5.75 Å². The molecular weight excluding hydrogens is 367 g/mol. The lowest BCUT2D eigenvalue weighted by Crippen LogP contribution is -2.45. The number of aromatic nitrogens is 1. The van der Waals surface area contributed by atoms with E-state index in [0.717, 1.165) is 30.8 Å². The molecule has 1 aliphatic heterocycles. The summed E-state index contributed by atoms with van der Waals surface area (Å²) in [5.41, 5.74) is 1.84. The van der Waals surface area contributed by atoms with Gasteiger partial charge in [0.25, 0.3) is 0 Å². The molecule has 0 bridgehead atoms. The molecule has 8 heteroatoms. The summed E-state index contributed by atoms with van der Waals surface area (Å²) in [5.74, 6) is 0.281. The zero-order chi connectivity index (χ0) is 17.7. The zero-order valence-corrected chi connectivity index (χ0v) is 14.9. The Labute approximate surface area is 156 Å². The van der Waals surface area contributed by atoms with Gasteiger partial charge in [-0.05, 0) is 17.7 Å². The second-order valence-electron chi connectivity index (χ2n) is 5.99. The SMILES string of the molecule is Cl.FC(F)(F)COc1ccccc1CN1CCNCC1c1cccnc1. The number of benzene rings is 1. The highest BCUT2D eigenvalue weighted by Crippen LogP contribution is 2.28. The Morgan fingerprint density at radius 1 is 1.19 bits per heavy atom. The first-order chi connectivity index (χ1) is 12.0. The maximum atomic E-state index is 12.5. The lowest BCUT2D eigenvalue weighted by Gasteiger charge is -2.36. The number of pyridine rings is 1. The van der Waals surface area contributed by atoms with Crippen LogP contribution in [0.4, 0.5) is 13.2 Å².